The zero-order valence-electron chi connectivity index (χ0n) is 6.02. The Labute approximate surface area is 68.5 Å². The van der Waals surface area contributed by atoms with Gasteiger partial charge in [-0.3, -0.25) is 0 Å². The van der Waals surface area contributed by atoms with Gasteiger partial charge in [0.15, 0.2) is 0 Å². The minimum atomic E-state index is 0. The number of hydrogen-bond acceptors (Lipinski definition) is 0. The number of benzene rings is 1. The first-order valence-corrected chi connectivity index (χ1v) is 2.88. The molecular weight excluding hydrogens is 103 g/mol. The SMILES string of the molecule is CCc1c[c-]ccc1.[Li+]. The van der Waals surface area contributed by atoms with Crippen LogP contribution in [0.5, 0.6) is 0 Å². The molecule has 0 fully saturated rings. The number of rotatable bonds is 1. The van der Waals surface area contributed by atoms with Crippen molar-refractivity contribution < 1.29 is 18.9 Å². The molecule has 0 radical (unpaired) electrons. The van der Waals surface area contributed by atoms with Crippen LogP contribution in [-0.4, -0.2) is 0 Å². The van der Waals surface area contributed by atoms with Crippen LogP contribution >= 0.6 is 0 Å². The summed E-state index contributed by atoms with van der Waals surface area (Å²) in [6.45, 7) is 2.14. The van der Waals surface area contributed by atoms with Gasteiger partial charge in [0, 0.05) is 0 Å². The van der Waals surface area contributed by atoms with Crippen LogP contribution in [0.25, 0.3) is 0 Å². The first-order valence-electron chi connectivity index (χ1n) is 2.88. The smallest absolute Gasteiger partial charge is 0.184 e. The molecule has 1 rings (SSSR count). The van der Waals surface area contributed by atoms with Gasteiger partial charge in [-0.15, -0.1) is 0 Å². The van der Waals surface area contributed by atoms with E-state index in [0.29, 0.717) is 0 Å². The fourth-order valence-electron chi connectivity index (χ4n) is 0.650. The minimum Gasteiger partial charge on any atom is -0.184 e. The zero-order valence-corrected chi connectivity index (χ0v) is 6.02. The molecule has 1 aromatic rings. The summed E-state index contributed by atoms with van der Waals surface area (Å²) in [6.07, 6.45) is 1.11. The van der Waals surface area contributed by atoms with E-state index in [2.05, 4.69) is 19.1 Å². The van der Waals surface area contributed by atoms with Crippen molar-refractivity contribution in [2.24, 2.45) is 0 Å². The molecule has 0 N–H and O–H groups in total. The van der Waals surface area contributed by atoms with E-state index in [1.54, 1.807) is 0 Å². The van der Waals surface area contributed by atoms with Crippen LogP contribution in [-0.2, 0) is 6.42 Å². The molecule has 1 heteroatoms. The first kappa shape index (κ1) is 8.82. The van der Waals surface area contributed by atoms with Gasteiger partial charge in [0.25, 0.3) is 0 Å². The third-order valence-corrected chi connectivity index (χ3v) is 1.18. The molecule has 0 atom stereocenters. The Morgan fingerprint density at radius 1 is 1.56 bits per heavy atom. The van der Waals surface area contributed by atoms with E-state index in [1.807, 2.05) is 18.2 Å². The van der Waals surface area contributed by atoms with E-state index in [4.69, 9.17) is 0 Å². The van der Waals surface area contributed by atoms with Crippen molar-refractivity contribution in [3.63, 3.8) is 0 Å². The summed E-state index contributed by atoms with van der Waals surface area (Å²) < 4.78 is 0. The quantitative estimate of drug-likeness (QED) is 0.324. The molecule has 0 saturated heterocycles. The number of aryl methyl sites for hydroxylation is 1. The second-order valence-electron chi connectivity index (χ2n) is 1.77. The second kappa shape index (κ2) is 4.67. The first-order chi connectivity index (χ1) is 3.93. The predicted octanol–water partition coefficient (Wildman–Crippen LogP) is -0.947. The fraction of sp³-hybridized carbons (Fsp3) is 0.250. The normalized spacial score (nSPS) is 8.11. The Kier molecular flexibility index (Phi) is 4.58. The molecule has 9 heavy (non-hydrogen) atoms. The summed E-state index contributed by atoms with van der Waals surface area (Å²) in [4.78, 5) is 0. The van der Waals surface area contributed by atoms with Crippen LogP contribution in [0.3, 0.4) is 0 Å². The average molecular weight is 112 g/mol. The van der Waals surface area contributed by atoms with Crippen molar-refractivity contribution in [3.05, 3.63) is 35.9 Å². The van der Waals surface area contributed by atoms with Crippen LogP contribution in [0.15, 0.2) is 24.3 Å². The molecule has 0 unspecified atom stereocenters. The van der Waals surface area contributed by atoms with Crippen molar-refractivity contribution in [2.45, 2.75) is 13.3 Å². The van der Waals surface area contributed by atoms with E-state index in [1.165, 1.54) is 5.56 Å². The van der Waals surface area contributed by atoms with Crippen LogP contribution in [0.4, 0.5) is 0 Å². The van der Waals surface area contributed by atoms with Crippen molar-refractivity contribution in [3.8, 4) is 0 Å². The molecule has 0 aliphatic carbocycles. The molecular formula is C8H9Li. The van der Waals surface area contributed by atoms with E-state index >= 15 is 0 Å². The summed E-state index contributed by atoms with van der Waals surface area (Å²) >= 11 is 0. The van der Waals surface area contributed by atoms with Gasteiger partial charge in [-0.2, -0.15) is 35.9 Å². The summed E-state index contributed by atoms with van der Waals surface area (Å²) in [7, 11) is 0. The van der Waals surface area contributed by atoms with Crippen molar-refractivity contribution in [1.82, 2.24) is 0 Å². The maximum atomic E-state index is 3.01. The van der Waals surface area contributed by atoms with E-state index < -0.39 is 0 Å². The molecule has 0 bridgehead atoms. The summed E-state index contributed by atoms with van der Waals surface area (Å²) in [6, 6.07) is 11.1. The molecule has 0 nitrogen and oxygen atoms in total. The standard InChI is InChI=1S/C8H9.Li/c1-2-8-6-4-3-5-7-8;/h3-4,6-7H,2H2,1H3;/q-1;+1. The van der Waals surface area contributed by atoms with Crippen molar-refractivity contribution in [2.75, 3.05) is 0 Å². The third kappa shape index (κ3) is 2.74. The van der Waals surface area contributed by atoms with Gasteiger partial charge in [-0.25, -0.2) is 0 Å². The van der Waals surface area contributed by atoms with Gasteiger partial charge < -0.3 is 0 Å². The predicted molar refractivity (Wildman–Crippen MR) is 34.7 cm³/mol. The van der Waals surface area contributed by atoms with Crippen molar-refractivity contribution in [1.29, 1.82) is 0 Å². The van der Waals surface area contributed by atoms with Crippen LogP contribution < -0.4 is 18.9 Å². The average Bonchev–Trinajstić information content (AvgIpc) is 1.90. The van der Waals surface area contributed by atoms with Crippen LogP contribution in [0, 0.1) is 6.07 Å². The van der Waals surface area contributed by atoms with Gasteiger partial charge in [-0.1, -0.05) is 13.3 Å². The van der Waals surface area contributed by atoms with E-state index in [-0.39, 0.29) is 18.9 Å². The maximum Gasteiger partial charge on any atom is 1.00 e. The topological polar surface area (TPSA) is 0 Å². The minimum absolute atomic E-state index is 0. The molecule has 0 heterocycles. The second-order valence-corrected chi connectivity index (χ2v) is 1.77. The molecule has 0 spiro atoms. The molecule has 0 aromatic heterocycles. The Bertz CT molecular complexity index is 146. The molecule has 0 saturated carbocycles. The van der Waals surface area contributed by atoms with Crippen LogP contribution in [0.2, 0.25) is 0 Å². The Morgan fingerprint density at radius 2 is 2.33 bits per heavy atom. The molecule has 0 aliphatic rings. The van der Waals surface area contributed by atoms with Gasteiger partial charge in [-0.05, 0) is 0 Å². The van der Waals surface area contributed by atoms with Gasteiger partial charge >= 0.3 is 18.9 Å². The number of hydrogen-bond donors (Lipinski definition) is 0. The Morgan fingerprint density at radius 3 is 2.67 bits per heavy atom. The van der Waals surface area contributed by atoms with Gasteiger partial charge in [0.1, 0.15) is 0 Å². The van der Waals surface area contributed by atoms with Gasteiger partial charge in [0.2, 0.25) is 0 Å². The van der Waals surface area contributed by atoms with Gasteiger partial charge in [0.05, 0.1) is 0 Å². The molecule has 42 valence electrons. The van der Waals surface area contributed by atoms with E-state index in [0.717, 1.165) is 6.42 Å². The Balaban J connectivity index is 0.000000640. The van der Waals surface area contributed by atoms with E-state index in [9.17, 15) is 0 Å². The molecule has 1 aromatic carbocycles. The summed E-state index contributed by atoms with van der Waals surface area (Å²) in [5.74, 6) is 0. The zero-order chi connectivity index (χ0) is 5.82. The third-order valence-electron chi connectivity index (χ3n) is 1.18. The molecule has 0 aliphatic heterocycles. The largest absolute Gasteiger partial charge is 1.00 e. The fourth-order valence-corrected chi connectivity index (χ4v) is 0.650. The molecule has 0 amide bonds. The summed E-state index contributed by atoms with van der Waals surface area (Å²) in [5, 5.41) is 0. The monoisotopic (exact) mass is 112 g/mol. The summed E-state index contributed by atoms with van der Waals surface area (Å²) in [5.41, 5.74) is 1.35. The van der Waals surface area contributed by atoms with Crippen LogP contribution in [0.1, 0.15) is 12.5 Å². The maximum absolute atomic E-state index is 3.01. The van der Waals surface area contributed by atoms with Crippen molar-refractivity contribution >= 4 is 0 Å². The Hall–Kier alpha value is -0.183.